The van der Waals surface area contributed by atoms with E-state index in [0.29, 0.717) is 28.0 Å². The molecule has 0 bridgehead atoms. The van der Waals surface area contributed by atoms with E-state index in [-0.39, 0.29) is 18.5 Å². The van der Waals surface area contributed by atoms with E-state index in [1.54, 1.807) is 30.3 Å². The van der Waals surface area contributed by atoms with Crippen molar-refractivity contribution in [3.63, 3.8) is 0 Å². The highest BCUT2D eigenvalue weighted by Crippen LogP contribution is 2.34. The van der Waals surface area contributed by atoms with Crippen molar-refractivity contribution in [2.75, 3.05) is 17.9 Å². The first kappa shape index (κ1) is 16.3. The normalized spacial score (nSPS) is 12.2. The molecule has 0 saturated carbocycles. The Bertz CT molecular complexity index is 965. The highest BCUT2D eigenvalue weighted by atomic mass is 32.2. The molecule has 1 aromatic heterocycles. The van der Waals surface area contributed by atoms with Crippen LogP contribution in [0.4, 0.5) is 10.1 Å². The summed E-state index contributed by atoms with van der Waals surface area (Å²) in [4.78, 5) is 12.2. The van der Waals surface area contributed by atoms with Gasteiger partial charge in [-0.15, -0.1) is 5.10 Å². The highest BCUT2D eigenvalue weighted by Gasteiger charge is 2.15. The third-order valence-electron chi connectivity index (χ3n) is 3.48. The van der Waals surface area contributed by atoms with Crippen LogP contribution in [0.5, 0.6) is 11.5 Å². The van der Waals surface area contributed by atoms with Crippen molar-refractivity contribution in [3.05, 3.63) is 48.3 Å². The molecule has 0 atom stereocenters. The molecule has 8 nitrogen and oxygen atoms in total. The van der Waals surface area contributed by atoms with Crippen LogP contribution in [-0.2, 0) is 4.79 Å². The quantitative estimate of drug-likeness (QED) is 0.686. The van der Waals surface area contributed by atoms with Gasteiger partial charge in [0, 0.05) is 11.8 Å². The number of hydrogen-bond acceptors (Lipinski definition) is 7. The fraction of sp³-hybridized carbons (Fsp3) is 0.125. The minimum atomic E-state index is -0.394. The van der Waals surface area contributed by atoms with Crippen LogP contribution in [0.3, 0.4) is 0 Å². The molecule has 0 fully saturated rings. The van der Waals surface area contributed by atoms with Crippen molar-refractivity contribution in [2.24, 2.45) is 0 Å². The van der Waals surface area contributed by atoms with E-state index >= 15 is 0 Å². The van der Waals surface area contributed by atoms with Gasteiger partial charge in [0.25, 0.3) is 0 Å². The summed E-state index contributed by atoms with van der Waals surface area (Å²) in [6, 6.07) is 11.0. The largest absolute Gasteiger partial charge is 0.454 e. The summed E-state index contributed by atoms with van der Waals surface area (Å²) in [5, 5.41) is 14.5. The van der Waals surface area contributed by atoms with Crippen molar-refractivity contribution >= 4 is 23.4 Å². The predicted molar refractivity (Wildman–Crippen MR) is 91.0 cm³/mol. The predicted octanol–water partition coefficient (Wildman–Crippen LogP) is 2.26. The number of amides is 1. The van der Waals surface area contributed by atoms with Crippen LogP contribution < -0.4 is 14.8 Å². The van der Waals surface area contributed by atoms with Gasteiger partial charge in [0.1, 0.15) is 5.82 Å². The Balaban J connectivity index is 1.40. The Hall–Kier alpha value is -3.14. The minimum Gasteiger partial charge on any atom is -0.454 e. The van der Waals surface area contributed by atoms with E-state index in [9.17, 15) is 9.18 Å². The standard InChI is InChI=1S/C16H12FN5O3S/c17-10-2-1-3-12(6-10)22-16(19-20-21-22)26-8-15(23)18-11-4-5-13-14(7-11)25-9-24-13/h1-7H,8-9H2,(H,18,23). The average Bonchev–Trinajstić information content (AvgIpc) is 3.28. The molecule has 0 saturated heterocycles. The first-order chi connectivity index (χ1) is 12.7. The molecule has 26 heavy (non-hydrogen) atoms. The number of aromatic nitrogens is 4. The molecular formula is C16H12FN5O3S. The smallest absolute Gasteiger partial charge is 0.234 e. The molecule has 3 aromatic rings. The topological polar surface area (TPSA) is 91.2 Å². The maximum absolute atomic E-state index is 13.4. The molecular weight excluding hydrogens is 361 g/mol. The molecule has 1 aliphatic heterocycles. The number of nitrogens with one attached hydrogen (secondary N) is 1. The average molecular weight is 373 g/mol. The Labute approximate surface area is 151 Å². The van der Waals surface area contributed by atoms with Gasteiger partial charge < -0.3 is 14.8 Å². The molecule has 0 spiro atoms. The highest BCUT2D eigenvalue weighted by molar-refractivity contribution is 7.99. The number of fused-ring (bicyclic) bond motifs is 1. The number of rotatable bonds is 5. The number of nitrogens with zero attached hydrogens (tertiary/aromatic N) is 4. The van der Waals surface area contributed by atoms with Gasteiger partial charge in [0.15, 0.2) is 11.5 Å². The van der Waals surface area contributed by atoms with E-state index in [1.807, 2.05) is 0 Å². The number of benzene rings is 2. The van der Waals surface area contributed by atoms with E-state index in [4.69, 9.17) is 9.47 Å². The zero-order valence-electron chi connectivity index (χ0n) is 13.3. The molecule has 2 heterocycles. The van der Waals surface area contributed by atoms with Gasteiger partial charge in [-0.3, -0.25) is 4.79 Å². The Morgan fingerprint density at radius 3 is 3.00 bits per heavy atom. The lowest BCUT2D eigenvalue weighted by atomic mass is 10.3. The lowest BCUT2D eigenvalue weighted by molar-refractivity contribution is -0.113. The summed E-state index contributed by atoms with van der Waals surface area (Å²) in [5.41, 5.74) is 1.08. The van der Waals surface area contributed by atoms with Crippen molar-refractivity contribution in [1.82, 2.24) is 20.2 Å². The lowest BCUT2D eigenvalue weighted by Gasteiger charge is -2.06. The fourth-order valence-electron chi connectivity index (χ4n) is 2.34. The van der Waals surface area contributed by atoms with E-state index < -0.39 is 5.82 Å². The van der Waals surface area contributed by atoms with E-state index in [2.05, 4.69) is 20.8 Å². The Kier molecular flexibility index (Phi) is 4.40. The second-order valence-electron chi connectivity index (χ2n) is 5.26. The molecule has 0 aliphatic carbocycles. The van der Waals surface area contributed by atoms with E-state index in [1.165, 1.54) is 16.8 Å². The number of carbonyl (C=O) groups is 1. The van der Waals surface area contributed by atoms with Crippen LogP contribution in [0.15, 0.2) is 47.6 Å². The molecule has 1 amide bonds. The number of halogens is 1. The van der Waals surface area contributed by atoms with Crippen molar-refractivity contribution in [2.45, 2.75) is 5.16 Å². The van der Waals surface area contributed by atoms with Crippen molar-refractivity contribution in [1.29, 1.82) is 0 Å². The lowest BCUT2D eigenvalue weighted by Crippen LogP contribution is -2.14. The summed E-state index contributed by atoms with van der Waals surface area (Å²) in [7, 11) is 0. The Morgan fingerprint density at radius 1 is 1.23 bits per heavy atom. The van der Waals surface area contributed by atoms with Crippen LogP contribution in [0.2, 0.25) is 0 Å². The summed E-state index contributed by atoms with van der Waals surface area (Å²) in [5.74, 6) is 0.693. The maximum Gasteiger partial charge on any atom is 0.234 e. The third kappa shape index (κ3) is 3.45. The van der Waals surface area contributed by atoms with Gasteiger partial charge in [0.2, 0.25) is 17.9 Å². The number of tetrazole rings is 1. The minimum absolute atomic E-state index is 0.0874. The summed E-state index contributed by atoms with van der Waals surface area (Å²) in [6.07, 6.45) is 0. The first-order valence-electron chi connectivity index (χ1n) is 7.56. The number of carbonyl (C=O) groups excluding carboxylic acids is 1. The molecule has 0 radical (unpaired) electrons. The van der Waals surface area contributed by atoms with Gasteiger partial charge >= 0.3 is 0 Å². The van der Waals surface area contributed by atoms with Crippen LogP contribution >= 0.6 is 11.8 Å². The molecule has 1 N–H and O–H groups in total. The van der Waals surface area contributed by atoms with Crippen LogP contribution in [-0.4, -0.2) is 38.7 Å². The van der Waals surface area contributed by atoms with Crippen LogP contribution in [0.25, 0.3) is 5.69 Å². The van der Waals surface area contributed by atoms with Gasteiger partial charge in [-0.2, -0.15) is 4.68 Å². The summed E-state index contributed by atoms with van der Waals surface area (Å²) < 4.78 is 25.2. The second kappa shape index (κ2) is 7.00. The summed E-state index contributed by atoms with van der Waals surface area (Å²) in [6.45, 7) is 0.172. The third-order valence-corrected chi connectivity index (χ3v) is 4.40. The zero-order valence-corrected chi connectivity index (χ0v) is 14.1. The van der Waals surface area contributed by atoms with Crippen molar-refractivity contribution in [3.8, 4) is 17.2 Å². The number of hydrogen-bond donors (Lipinski definition) is 1. The Morgan fingerprint density at radius 2 is 2.12 bits per heavy atom. The van der Waals surface area contributed by atoms with Gasteiger partial charge in [0.05, 0.1) is 11.4 Å². The fourth-order valence-corrected chi connectivity index (χ4v) is 3.03. The van der Waals surface area contributed by atoms with Gasteiger partial charge in [-0.25, -0.2) is 4.39 Å². The SMILES string of the molecule is O=C(CSc1nnnn1-c1cccc(F)c1)Nc1ccc2c(c1)OCO2. The molecule has 4 rings (SSSR count). The first-order valence-corrected chi connectivity index (χ1v) is 8.54. The van der Waals surface area contributed by atoms with Crippen LogP contribution in [0, 0.1) is 5.82 Å². The number of anilines is 1. The molecule has 0 unspecified atom stereocenters. The number of thioether (sulfide) groups is 1. The van der Waals surface area contributed by atoms with Crippen molar-refractivity contribution < 1.29 is 18.7 Å². The molecule has 1 aliphatic rings. The van der Waals surface area contributed by atoms with E-state index in [0.717, 1.165) is 11.8 Å². The molecule has 132 valence electrons. The monoisotopic (exact) mass is 373 g/mol. The van der Waals surface area contributed by atoms with Gasteiger partial charge in [-0.05, 0) is 40.8 Å². The molecule has 2 aromatic carbocycles. The zero-order chi connectivity index (χ0) is 17.9. The maximum atomic E-state index is 13.4. The van der Waals surface area contributed by atoms with Crippen LogP contribution in [0.1, 0.15) is 0 Å². The number of ether oxygens (including phenoxy) is 2. The second-order valence-corrected chi connectivity index (χ2v) is 6.20. The van der Waals surface area contributed by atoms with Gasteiger partial charge in [-0.1, -0.05) is 17.8 Å². The summed E-state index contributed by atoms with van der Waals surface area (Å²) >= 11 is 1.14. The molecule has 10 heteroatoms.